The van der Waals surface area contributed by atoms with Crippen molar-refractivity contribution in [2.45, 2.75) is 79.1 Å². The smallest absolute Gasteiger partial charge is 0.309 e. The maximum absolute atomic E-state index is 11.7. The first kappa shape index (κ1) is 37.5. The molecular weight excluding hydrogens is 480 g/mol. The summed E-state index contributed by atoms with van der Waals surface area (Å²) < 4.78 is 15.3. The molecule has 0 bridgehead atoms. The molecule has 0 unspecified atom stereocenters. The molecule has 0 rings (SSSR count). The Hall–Kier alpha value is -0.0900. The minimum absolute atomic E-state index is 0.0693. The third-order valence-corrected chi connectivity index (χ3v) is 4.96. The lowest BCUT2D eigenvalue weighted by molar-refractivity contribution is -0.150. The van der Waals surface area contributed by atoms with Gasteiger partial charge in [-0.05, 0) is 25.7 Å². The van der Waals surface area contributed by atoms with Gasteiger partial charge in [0.15, 0.2) is 0 Å². The highest BCUT2D eigenvalue weighted by Crippen LogP contribution is 2.15. The van der Waals surface area contributed by atoms with Gasteiger partial charge in [0.05, 0.1) is 38.3 Å². The van der Waals surface area contributed by atoms with Gasteiger partial charge >= 0.3 is 11.9 Å². The van der Waals surface area contributed by atoms with Crippen LogP contribution in [0.2, 0.25) is 0 Å². The molecular formula is C24H50O6S3. The predicted octanol–water partition coefficient (Wildman–Crippen LogP) is 5.84. The summed E-state index contributed by atoms with van der Waals surface area (Å²) in [7, 11) is 0. The van der Waals surface area contributed by atoms with E-state index in [-0.39, 0.29) is 17.8 Å². The molecule has 0 amide bonds. The van der Waals surface area contributed by atoms with E-state index < -0.39 is 5.97 Å². The summed E-state index contributed by atoms with van der Waals surface area (Å²) >= 11 is 11.9. The van der Waals surface area contributed by atoms with Crippen LogP contribution in [0.5, 0.6) is 0 Å². The van der Waals surface area contributed by atoms with Gasteiger partial charge in [-0.15, -0.1) is 0 Å². The summed E-state index contributed by atoms with van der Waals surface area (Å²) in [5.41, 5.74) is 0. The second-order valence-corrected chi connectivity index (χ2v) is 8.79. The average molecular weight is 531 g/mol. The number of carboxylic acid groups (broad SMARTS) is 1. The van der Waals surface area contributed by atoms with Crippen LogP contribution in [0.3, 0.4) is 0 Å². The summed E-state index contributed by atoms with van der Waals surface area (Å²) in [6.07, 6.45) is 7.47. The zero-order valence-electron chi connectivity index (χ0n) is 21.3. The molecule has 0 radical (unpaired) electrons. The SMILES string of the molecule is CCCC(CCC)C(=O)O.CCCC(CCC)C(=O)OCCOCCS.SCCOCCS. The quantitative estimate of drug-likeness (QED) is 0.0954. The van der Waals surface area contributed by atoms with Crippen molar-refractivity contribution in [3.8, 4) is 0 Å². The fraction of sp³-hybridized carbons (Fsp3) is 0.917. The lowest BCUT2D eigenvalue weighted by atomic mass is 9.99. The monoisotopic (exact) mass is 530 g/mol. The maximum atomic E-state index is 11.7. The van der Waals surface area contributed by atoms with Crippen molar-refractivity contribution in [2.24, 2.45) is 11.8 Å². The molecule has 0 aliphatic rings. The molecule has 0 fully saturated rings. The molecule has 9 heteroatoms. The van der Waals surface area contributed by atoms with E-state index in [2.05, 4.69) is 51.7 Å². The van der Waals surface area contributed by atoms with E-state index in [9.17, 15) is 9.59 Å². The molecule has 0 saturated heterocycles. The normalized spacial score (nSPS) is 10.3. The van der Waals surface area contributed by atoms with Crippen molar-refractivity contribution in [2.75, 3.05) is 50.3 Å². The minimum Gasteiger partial charge on any atom is -0.481 e. The Morgan fingerprint density at radius 1 is 0.636 bits per heavy atom. The molecule has 0 aromatic rings. The van der Waals surface area contributed by atoms with Crippen molar-refractivity contribution in [3.05, 3.63) is 0 Å². The maximum Gasteiger partial charge on any atom is 0.309 e. The second-order valence-electron chi connectivity index (χ2n) is 7.45. The Labute approximate surface area is 219 Å². The molecule has 6 nitrogen and oxygen atoms in total. The number of carbonyl (C=O) groups is 2. The molecule has 0 saturated carbocycles. The van der Waals surface area contributed by atoms with Crippen LogP contribution in [0.1, 0.15) is 79.1 Å². The van der Waals surface area contributed by atoms with E-state index in [1.54, 1.807) is 0 Å². The second kappa shape index (κ2) is 31.9. The summed E-state index contributed by atoms with van der Waals surface area (Å²) in [6, 6.07) is 0. The van der Waals surface area contributed by atoms with E-state index in [1.165, 1.54) is 0 Å². The van der Waals surface area contributed by atoms with Gasteiger partial charge in [-0.1, -0.05) is 53.4 Å². The van der Waals surface area contributed by atoms with Gasteiger partial charge in [0.25, 0.3) is 0 Å². The van der Waals surface area contributed by atoms with Crippen molar-refractivity contribution < 1.29 is 28.9 Å². The van der Waals surface area contributed by atoms with E-state index in [1.807, 2.05) is 13.8 Å². The predicted molar refractivity (Wildman–Crippen MR) is 148 cm³/mol. The Morgan fingerprint density at radius 2 is 1.00 bits per heavy atom. The zero-order valence-corrected chi connectivity index (χ0v) is 24.0. The van der Waals surface area contributed by atoms with Crippen molar-refractivity contribution in [1.29, 1.82) is 0 Å². The van der Waals surface area contributed by atoms with Gasteiger partial charge in [-0.3, -0.25) is 9.59 Å². The van der Waals surface area contributed by atoms with Crippen molar-refractivity contribution in [3.63, 3.8) is 0 Å². The van der Waals surface area contributed by atoms with Gasteiger partial charge in [-0.2, -0.15) is 37.9 Å². The first-order chi connectivity index (χ1) is 15.9. The number of hydrogen-bond donors (Lipinski definition) is 4. The van der Waals surface area contributed by atoms with Crippen molar-refractivity contribution >= 4 is 49.8 Å². The number of ether oxygens (including phenoxy) is 3. The largest absolute Gasteiger partial charge is 0.481 e. The van der Waals surface area contributed by atoms with Crippen LogP contribution in [0.4, 0.5) is 0 Å². The summed E-state index contributed by atoms with van der Waals surface area (Å²) in [6.45, 7) is 11.1. The van der Waals surface area contributed by atoms with E-state index in [4.69, 9.17) is 19.3 Å². The molecule has 200 valence electrons. The summed E-state index contributed by atoms with van der Waals surface area (Å²) in [4.78, 5) is 22.1. The molecule has 0 aliphatic heterocycles. The summed E-state index contributed by atoms with van der Waals surface area (Å²) in [5, 5.41) is 8.64. The highest BCUT2D eigenvalue weighted by molar-refractivity contribution is 7.80. The number of esters is 1. The number of thiol groups is 3. The van der Waals surface area contributed by atoms with Crippen LogP contribution in [0, 0.1) is 11.8 Å². The number of carbonyl (C=O) groups excluding carboxylic acids is 1. The van der Waals surface area contributed by atoms with E-state index in [0.717, 1.165) is 76.1 Å². The fourth-order valence-corrected chi connectivity index (χ4v) is 3.27. The van der Waals surface area contributed by atoms with Crippen LogP contribution < -0.4 is 0 Å². The Balaban J connectivity index is -0.000000451. The number of carboxylic acids is 1. The lowest BCUT2D eigenvalue weighted by Gasteiger charge is -2.14. The van der Waals surface area contributed by atoms with E-state index in [0.29, 0.717) is 25.6 Å². The third-order valence-electron chi connectivity index (χ3n) is 4.41. The zero-order chi connectivity index (χ0) is 25.7. The van der Waals surface area contributed by atoms with Gasteiger partial charge in [-0.25, -0.2) is 0 Å². The van der Waals surface area contributed by atoms with Crippen LogP contribution in [0.25, 0.3) is 0 Å². The van der Waals surface area contributed by atoms with E-state index >= 15 is 0 Å². The van der Waals surface area contributed by atoms with Crippen LogP contribution in [-0.4, -0.2) is 67.3 Å². The average Bonchev–Trinajstić information content (AvgIpc) is 2.79. The first-order valence-electron chi connectivity index (χ1n) is 12.3. The van der Waals surface area contributed by atoms with Crippen LogP contribution in [-0.2, 0) is 23.8 Å². The van der Waals surface area contributed by atoms with Gasteiger partial charge in [0.1, 0.15) is 6.61 Å². The molecule has 33 heavy (non-hydrogen) atoms. The number of aliphatic carboxylic acids is 1. The summed E-state index contributed by atoms with van der Waals surface area (Å²) in [5.74, 6) is 1.56. The van der Waals surface area contributed by atoms with Crippen LogP contribution >= 0.6 is 37.9 Å². The van der Waals surface area contributed by atoms with Crippen LogP contribution in [0.15, 0.2) is 0 Å². The topological polar surface area (TPSA) is 82.1 Å². The lowest BCUT2D eigenvalue weighted by Crippen LogP contribution is -2.20. The van der Waals surface area contributed by atoms with Crippen molar-refractivity contribution in [1.82, 2.24) is 0 Å². The first-order valence-corrected chi connectivity index (χ1v) is 14.2. The van der Waals surface area contributed by atoms with Gasteiger partial charge in [0, 0.05) is 17.3 Å². The molecule has 0 heterocycles. The Morgan fingerprint density at radius 3 is 1.33 bits per heavy atom. The molecule has 0 aromatic carbocycles. The Kier molecular flexibility index (Phi) is 36.2. The number of hydrogen-bond acceptors (Lipinski definition) is 8. The van der Waals surface area contributed by atoms with Gasteiger partial charge < -0.3 is 19.3 Å². The molecule has 0 aromatic heterocycles. The Bertz CT molecular complexity index is 398. The number of rotatable bonds is 19. The standard InChI is InChI=1S/C12H24O3S.C8H16O2.C4H10OS2/c1-3-5-11(6-4-2)12(13)15-8-7-14-9-10-16;1-3-5-7(6-4-2)8(9)10;6-3-1-5-2-4-7/h11,16H,3-10H2,1-2H3;7H,3-6H2,1-2H3,(H,9,10);6-7H,1-4H2. The molecule has 0 aliphatic carbocycles. The molecule has 0 atom stereocenters. The highest BCUT2D eigenvalue weighted by Gasteiger charge is 2.17. The molecule has 0 spiro atoms. The minimum atomic E-state index is -0.635. The fourth-order valence-electron chi connectivity index (χ4n) is 2.88. The molecule has 1 N–H and O–H groups in total. The third kappa shape index (κ3) is 29.9. The van der Waals surface area contributed by atoms with Gasteiger partial charge in [0.2, 0.25) is 0 Å². The highest BCUT2D eigenvalue weighted by atomic mass is 32.1.